The third-order valence-corrected chi connectivity index (χ3v) is 8.01. The summed E-state index contributed by atoms with van der Waals surface area (Å²) < 4.78 is 17.8. The fourth-order valence-corrected chi connectivity index (χ4v) is 6.59. The van der Waals surface area contributed by atoms with Gasteiger partial charge in [-0.15, -0.1) is 0 Å². The Bertz CT molecular complexity index is 382. The highest BCUT2D eigenvalue weighted by Crippen LogP contribution is 2.63. The molecule has 0 aromatic rings. The Morgan fingerprint density at radius 2 is 0.786 bits per heavy atom. The van der Waals surface area contributed by atoms with Crippen LogP contribution in [0.3, 0.4) is 0 Å². The van der Waals surface area contributed by atoms with Crippen molar-refractivity contribution >= 4 is 0 Å². The van der Waals surface area contributed by atoms with Gasteiger partial charge in [0.25, 0.3) is 0 Å². The van der Waals surface area contributed by atoms with Crippen LogP contribution >= 0.6 is 0 Å². The molecule has 0 aromatic heterocycles. The minimum atomic E-state index is 0.376. The summed E-state index contributed by atoms with van der Waals surface area (Å²) in [6, 6.07) is 0. The van der Waals surface area contributed by atoms with Crippen molar-refractivity contribution in [3.05, 3.63) is 0 Å². The van der Waals surface area contributed by atoms with E-state index in [9.17, 15) is 0 Å². The van der Waals surface area contributed by atoms with E-state index in [0.717, 1.165) is 39.6 Å². The van der Waals surface area contributed by atoms with Gasteiger partial charge in [0.15, 0.2) is 0 Å². The molecule has 0 N–H and O–H groups in total. The Hall–Kier alpha value is -0.120. The zero-order valence-electron chi connectivity index (χ0n) is 19.0. The molecule has 0 atom stereocenters. The third-order valence-electron chi connectivity index (χ3n) is 8.01. The largest absolute Gasteiger partial charge is 0.380 e. The molecule has 0 radical (unpaired) electrons. The molecule has 0 bridgehead atoms. The van der Waals surface area contributed by atoms with E-state index in [2.05, 4.69) is 20.8 Å². The van der Waals surface area contributed by atoms with Crippen molar-refractivity contribution in [2.45, 2.75) is 97.8 Å². The maximum atomic E-state index is 5.95. The number of ether oxygens (including phenoxy) is 3. The zero-order valence-corrected chi connectivity index (χ0v) is 19.0. The average Bonchev–Trinajstić information content (AvgIpc) is 2.60. The van der Waals surface area contributed by atoms with Gasteiger partial charge in [0.05, 0.1) is 39.6 Å². The second kappa shape index (κ2) is 10.3. The Morgan fingerprint density at radius 3 is 0.964 bits per heavy atom. The molecule has 28 heavy (non-hydrogen) atoms. The molecule has 0 unspecified atom stereocenters. The molecule has 3 nitrogen and oxygen atoms in total. The number of rotatable bonds is 15. The fourth-order valence-electron chi connectivity index (χ4n) is 6.59. The second-order valence-corrected chi connectivity index (χ2v) is 10.4. The standard InChI is InChI=1S/C25H46O3/c1-4-7-10-13-23(16-26-17-23)22(24(18-27-19-24)14-11-8-5-2)25(20-28-21-25)15-12-9-6-3/h22H,4-21H2,1-3H3. The number of hydrogen-bond acceptors (Lipinski definition) is 3. The summed E-state index contributed by atoms with van der Waals surface area (Å²) in [7, 11) is 0. The molecular weight excluding hydrogens is 348 g/mol. The highest BCUT2D eigenvalue weighted by molar-refractivity contribution is 5.12. The first-order chi connectivity index (χ1) is 13.7. The second-order valence-electron chi connectivity index (χ2n) is 10.4. The van der Waals surface area contributed by atoms with E-state index in [1.165, 1.54) is 77.0 Å². The first-order valence-corrected chi connectivity index (χ1v) is 12.4. The zero-order chi connectivity index (χ0) is 19.9. The summed E-state index contributed by atoms with van der Waals surface area (Å²) in [6.45, 7) is 12.8. The molecule has 3 aliphatic rings. The lowest BCUT2D eigenvalue weighted by Crippen LogP contribution is -2.69. The van der Waals surface area contributed by atoms with E-state index in [1.807, 2.05) is 0 Å². The van der Waals surface area contributed by atoms with E-state index in [-0.39, 0.29) is 0 Å². The Morgan fingerprint density at radius 1 is 0.500 bits per heavy atom. The van der Waals surface area contributed by atoms with Gasteiger partial charge in [0, 0.05) is 16.2 Å². The Labute approximate surface area is 174 Å². The van der Waals surface area contributed by atoms with E-state index < -0.39 is 0 Å². The average molecular weight is 395 g/mol. The van der Waals surface area contributed by atoms with E-state index in [4.69, 9.17) is 14.2 Å². The van der Waals surface area contributed by atoms with Gasteiger partial charge in [-0.25, -0.2) is 0 Å². The summed E-state index contributed by atoms with van der Waals surface area (Å²) in [5.74, 6) is 0.717. The quantitative estimate of drug-likeness (QED) is 0.301. The molecule has 3 rings (SSSR count). The van der Waals surface area contributed by atoms with Crippen molar-refractivity contribution in [3.8, 4) is 0 Å². The first kappa shape index (κ1) is 22.6. The van der Waals surface area contributed by atoms with Gasteiger partial charge in [-0.1, -0.05) is 78.6 Å². The smallest absolute Gasteiger partial charge is 0.0547 e. The van der Waals surface area contributed by atoms with Crippen LogP contribution in [0.5, 0.6) is 0 Å². The fraction of sp³-hybridized carbons (Fsp3) is 1.00. The van der Waals surface area contributed by atoms with Gasteiger partial charge < -0.3 is 14.2 Å². The first-order valence-electron chi connectivity index (χ1n) is 12.4. The van der Waals surface area contributed by atoms with Crippen LogP contribution in [0.25, 0.3) is 0 Å². The topological polar surface area (TPSA) is 27.7 Å². The molecule has 0 aromatic carbocycles. The van der Waals surface area contributed by atoms with Gasteiger partial charge in [-0.2, -0.15) is 0 Å². The normalized spacial score (nSPS) is 24.4. The van der Waals surface area contributed by atoms with E-state index >= 15 is 0 Å². The Balaban J connectivity index is 1.84. The van der Waals surface area contributed by atoms with Gasteiger partial charge in [0.2, 0.25) is 0 Å². The molecular formula is C25H46O3. The highest BCUT2D eigenvalue weighted by Gasteiger charge is 2.65. The van der Waals surface area contributed by atoms with Crippen molar-refractivity contribution in [2.24, 2.45) is 22.2 Å². The maximum absolute atomic E-state index is 5.95. The molecule has 3 heteroatoms. The van der Waals surface area contributed by atoms with Crippen LogP contribution in [-0.2, 0) is 14.2 Å². The summed E-state index contributed by atoms with van der Waals surface area (Å²) in [5.41, 5.74) is 1.13. The van der Waals surface area contributed by atoms with Crippen molar-refractivity contribution in [1.29, 1.82) is 0 Å². The SMILES string of the molecule is CCCCCC1(C(C2(CCCCC)COC2)C2(CCCCC)COC2)COC1. The van der Waals surface area contributed by atoms with Crippen molar-refractivity contribution < 1.29 is 14.2 Å². The highest BCUT2D eigenvalue weighted by atomic mass is 16.5. The summed E-state index contributed by atoms with van der Waals surface area (Å²) in [6.07, 6.45) is 16.1. The van der Waals surface area contributed by atoms with Gasteiger partial charge in [-0.05, 0) is 25.2 Å². The Kier molecular flexibility index (Phi) is 8.27. The van der Waals surface area contributed by atoms with E-state index in [1.54, 1.807) is 0 Å². The van der Waals surface area contributed by atoms with Crippen LogP contribution in [0, 0.1) is 22.2 Å². The van der Waals surface area contributed by atoms with Crippen LogP contribution in [0.1, 0.15) is 97.8 Å². The molecule has 0 saturated carbocycles. The minimum Gasteiger partial charge on any atom is -0.380 e. The minimum absolute atomic E-state index is 0.376. The molecule has 3 aliphatic heterocycles. The molecule has 0 amide bonds. The van der Waals surface area contributed by atoms with Gasteiger partial charge >= 0.3 is 0 Å². The van der Waals surface area contributed by atoms with Crippen LogP contribution < -0.4 is 0 Å². The lowest BCUT2D eigenvalue weighted by atomic mass is 9.46. The van der Waals surface area contributed by atoms with Crippen molar-refractivity contribution in [1.82, 2.24) is 0 Å². The van der Waals surface area contributed by atoms with Crippen LogP contribution in [-0.4, -0.2) is 39.6 Å². The summed E-state index contributed by atoms with van der Waals surface area (Å²) in [5, 5.41) is 0. The van der Waals surface area contributed by atoms with Gasteiger partial charge in [0.1, 0.15) is 0 Å². The monoisotopic (exact) mass is 394 g/mol. The third kappa shape index (κ3) is 4.47. The molecule has 3 saturated heterocycles. The van der Waals surface area contributed by atoms with Gasteiger partial charge in [-0.3, -0.25) is 0 Å². The molecule has 3 fully saturated rings. The molecule has 0 aliphatic carbocycles. The molecule has 164 valence electrons. The lowest BCUT2D eigenvalue weighted by Gasteiger charge is -2.66. The number of hydrogen-bond donors (Lipinski definition) is 0. The van der Waals surface area contributed by atoms with Crippen LogP contribution in [0.4, 0.5) is 0 Å². The molecule has 3 heterocycles. The predicted octanol–water partition coefficient (Wildman–Crippen LogP) is 6.39. The number of unbranched alkanes of at least 4 members (excludes halogenated alkanes) is 6. The van der Waals surface area contributed by atoms with Crippen molar-refractivity contribution in [2.75, 3.05) is 39.6 Å². The predicted molar refractivity (Wildman–Crippen MR) is 116 cm³/mol. The van der Waals surface area contributed by atoms with Crippen molar-refractivity contribution in [3.63, 3.8) is 0 Å². The maximum Gasteiger partial charge on any atom is 0.0547 e. The summed E-state index contributed by atoms with van der Waals surface area (Å²) in [4.78, 5) is 0. The van der Waals surface area contributed by atoms with E-state index in [0.29, 0.717) is 22.2 Å². The van der Waals surface area contributed by atoms with Crippen LogP contribution in [0.2, 0.25) is 0 Å². The lowest BCUT2D eigenvalue weighted by molar-refractivity contribution is -0.307. The summed E-state index contributed by atoms with van der Waals surface area (Å²) >= 11 is 0. The van der Waals surface area contributed by atoms with Crippen LogP contribution in [0.15, 0.2) is 0 Å². The molecule has 0 spiro atoms.